The molecule has 0 aliphatic carbocycles. The van der Waals surface area contributed by atoms with Crippen molar-refractivity contribution < 1.29 is 14.3 Å². The monoisotopic (exact) mass is 465 g/mol. The van der Waals surface area contributed by atoms with Gasteiger partial charge in [0.2, 0.25) is 0 Å². The molecule has 1 unspecified atom stereocenters. The first-order chi connectivity index (χ1) is 17.0. The second-order valence-electron chi connectivity index (χ2n) is 8.27. The van der Waals surface area contributed by atoms with E-state index < -0.39 is 0 Å². The fourth-order valence-electron chi connectivity index (χ4n) is 3.79. The number of nitrogens with zero attached hydrogens (tertiary/aromatic N) is 1. The van der Waals surface area contributed by atoms with Crippen molar-refractivity contribution in [2.75, 3.05) is 5.32 Å². The van der Waals surface area contributed by atoms with E-state index in [0.717, 1.165) is 22.3 Å². The van der Waals surface area contributed by atoms with E-state index >= 15 is 0 Å². The summed E-state index contributed by atoms with van der Waals surface area (Å²) in [6.45, 7) is 1.92. The number of pyridine rings is 1. The quantitative estimate of drug-likeness (QED) is 0.262. The zero-order chi connectivity index (χ0) is 24.6. The van der Waals surface area contributed by atoms with E-state index in [0.29, 0.717) is 23.4 Å². The molecule has 1 amide bonds. The minimum Gasteiger partial charge on any atom is -0.427 e. The zero-order valence-corrected chi connectivity index (χ0v) is 19.5. The van der Waals surface area contributed by atoms with Crippen LogP contribution in [0.3, 0.4) is 0 Å². The van der Waals surface area contributed by atoms with Gasteiger partial charge in [-0.2, -0.15) is 0 Å². The number of rotatable bonds is 8. The van der Waals surface area contributed by atoms with Gasteiger partial charge < -0.3 is 15.8 Å². The number of esters is 1. The Labute approximate surface area is 204 Å². The molecule has 35 heavy (non-hydrogen) atoms. The van der Waals surface area contributed by atoms with Crippen molar-refractivity contribution >= 4 is 17.6 Å². The Morgan fingerprint density at radius 2 is 1.71 bits per heavy atom. The summed E-state index contributed by atoms with van der Waals surface area (Å²) >= 11 is 0. The maximum Gasteiger partial charge on any atom is 0.311 e. The summed E-state index contributed by atoms with van der Waals surface area (Å²) in [6.07, 6.45) is 4.05. The van der Waals surface area contributed by atoms with Crippen molar-refractivity contribution in [1.29, 1.82) is 0 Å². The van der Waals surface area contributed by atoms with Crippen molar-refractivity contribution in [2.45, 2.75) is 25.8 Å². The molecule has 6 nitrogen and oxygen atoms in total. The van der Waals surface area contributed by atoms with Gasteiger partial charge in [-0.25, -0.2) is 0 Å². The van der Waals surface area contributed by atoms with E-state index in [1.165, 1.54) is 0 Å². The molecule has 1 heterocycles. The Kier molecular flexibility index (Phi) is 7.65. The molecule has 176 valence electrons. The van der Waals surface area contributed by atoms with Crippen LogP contribution >= 0.6 is 0 Å². The summed E-state index contributed by atoms with van der Waals surface area (Å²) in [6, 6.07) is 25.8. The smallest absolute Gasteiger partial charge is 0.311 e. The second-order valence-corrected chi connectivity index (χ2v) is 8.27. The molecular formula is C29H27N3O3. The Bertz CT molecular complexity index is 1310. The molecule has 0 saturated heterocycles. The summed E-state index contributed by atoms with van der Waals surface area (Å²) < 4.78 is 5.39. The second kappa shape index (κ2) is 11.2. The first-order valence-electron chi connectivity index (χ1n) is 11.5. The van der Waals surface area contributed by atoms with Gasteiger partial charge in [0.25, 0.3) is 5.91 Å². The highest BCUT2D eigenvalue weighted by Crippen LogP contribution is 2.30. The van der Waals surface area contributed by atoms with Crippen LogP contribution < -0.4 is 15.8 Å². The topological polar surface area (TPSA) is 94.3 Å². The fraction of sp³-hybridized carbons (Fsp3) is 0.138. The lowest BCUT2D eigenvalue weighted by Crippen LogP contribution is -2.13. The van der Waals surface area contributed by atoms with Gasteiger partial charge in [0, 0.05) is 36.1 Å². The molecule has 0 aliphatic rings. The van der Waals surface area contributed by atoms with Crippen LogP contribution in [0.5, 0.6) is 5.75 Å². The number of nitrogens with two attached hydrogens (primary N) is 1. The molecule has 1 aromatic heterocycles. The number of carbonyl (C=O) groups excluding carboxylic acids is 2. The van der Waals surface area contributed by atoms with Crippen LogP contribution in [0.1, 0.15) is 40.9 Å². The lowest BCUT2D eigenvalue weighted by atomic mass is 9.92. The van der Waals surface area contributed by atoms with Gasteiger partial charge in [-0.3, -0.25) is 14.6 Å². The van der Waals surface area contributed by atoms with Crippen molar-refractivity contribution in [3.63, 3.8) is 0 Å². The predicted molar refractivity (Wildman–Crippen MR) is 137 cm³/mol. The van der Waals surface area contributed by atoms with Crippen LogP contribution in [-0.2, 0) is 11.2 Å². The van der Waals surface area contributed by atoms with Gasteiger partial charge in [-0.1, -0.05) is 48.5 Å². The number of amides is 1. The normalized spacial score (nSPS) is 11.5. The Balaban J connectivity index is 1.53. The number of nitrogens with one attached hydrogen (secondary N) is 1. The van der Waals surface area contributed by atoms with E-state index in [-0.39, 0.29) is 24.3 Å². The highest BCUT2D eigenvalue weighted by atomic mass is 16.5. The Morgan fingerprint density at radius 1 is 0.943 bits per heavy atom. The zero-order valence-electron chi connectivity index (χ0n) is 19.5. The first kappa shape index (κ1) is 23.9. The maximum absolute atomic E-state index is 12.9. The predicted octanol–water partition coefficient (Wildman–Crippen LogP) is 5.56. The van der Waals surface area contributed by atoms with Gasteiger partial charge >= 0.3 is 5.97 Å². The standard InChI is InChI=1S/C29H27N3O3/c1-20(30)26-12-11-23(29(34)32-24-14-16-31-17-15-24)19-27(26)22-7-5-6-21(18-22)10-13-28(33)35-25-8-3-2-4-9-25/h2-9,11-12,14-20H,10,13,30H2,1H3,(H,31,32,34). The number of para-hydroxylation sites is 1. The van der Waals surface area contributed by atoms with E-state index in [1.54, 1.807) is 42.7 Å². The van der Waals surface area contributed by atoms with E-state index in [9.17, 15) is 9.59 Å². The highest BCUT2D eigenvalue weighted by molar-refractivity contribution is 6.05. The average molecular weight is 466 g/mol. The van der Waals surface area contributed by atoms with Gasteiger partial charge in [0.1, 0.15) is 5.75 Å². The molecule has 0 saturated carbocycles. The number of hydrogen-bond donors (Lipinski definition) is 2. The third-order valence-corrected chi connectivity index (χ3v) is 5.57. The summed E-state index contributed by atoms with van der Waals surface area (Å²) in [5.74, 6) is 0.0378. The molecule has 3 aromatic carbocycles. The molecule has 3 N–H and O–H groups in total. The van der Waals surface area contributed by atoms with Crippen LogP contribution in [-0.4, -0.2) is 16.9 Å². The Morgan fingerprint density at radius 3 is 2.46 bits per heavy atom. The molecule has 0 spiro atoms. The van der Waals surface area contributed by atoms with Crippen LogP contribution in [0.25, 0.3) is 11.1 Å². The molecule has 0 fully saturated rings. The number of anilines is 1. The van der Waals surface area contributed by atoms with Crippen LogP contribution in [0, 0.1) is 0 Å². The number of carbonyl (C=O) groups is 2. The minimum atomic E-state index is -0.285. The number of aromatic nitrogens is 1. The number of aryl methyl sites for hydroxylation is 1. The SMILES string of the molecule is CC(N)c1ccc(C(=O)Nc2ccncc2)cc1-c1cccc(CCC(=O)Oc2ccccc2)c1. The fourth-order valence-corrected chi connectivity index (χ4v) is 3.79. The first-order valence-corrected chi connectivity index (χ1v) is 11.5. The van der Waals surface area contributed by atoms with Gasteiger partial charge in [0.15, 0.2) is 0 Å². The van der Waals surface area contributed by atoms with Crippen LogP contribution in [0.2, 0.25) is 0 Å². The highest BCUT2D eigenvalue weighted by Gasteiger charge is 2.15. The third kappa shape index (κ3) is 6.40. The van der Waals surface area contributed by atoms with Crippen molar-refractivity contribution in [1.82, 2.24) is 4.98 Å². The summed E-state index contributed by atoms with van der Waals surface area (Å²) in [7, 11) is 0. The molecule has 0 radical (unpaired) electrons. The molecule has 0 aliphatic heterocycles. The van der Waals surface area contributed by atoms with Crippen LogP contribution in [0.4, 0.5) is 5.69 Å². The molecule has 0 bridgehead atoms. The molecular weight excluding hydrogens is 438 g/mol. The summed E-state index contributed by atoms with van der Waals surface area (Å²) in [5, 5.41) is 2.89. The molecule has 4 aromatic rings. The number of ether oxygens (including phenoxy) is 1. The lowest BCUT2D eigenvalue weighted by molar-refractivity contribution is -0.134. The largest absolute Gasteiger partial charge is 0.427 e. The summed E-state index contributed by atoms with van der Waals surface area (Å²) in [5.41, 5.74) is 11.2. The van der Waals surface area contributed by atoms with Gasteiger partial charge in [0.05, 0.1) is 0 Å². The van der Waals surface area contributed by atoms with E-state index in [2.05, 4.69) is 10.3 Å². The van der Waals surface area contributed by atoms with Crippen molar-refractivity contribution in [2.24, 2.45) is 5.73 Å². The van der Waals surface area contributed by atoms with E-state index in [1.807, 2.05) is 61.5 Å². The lowest BCUT2D eigenvalue weighted by Gasteiger charge is -2.16. The number of benzene rings is 3. The van der Waals surface area contributed by atoms with Crippen molar-refractivity contribution in [3.05, 3.63) is 114 Å². The number of hydrogen-bond acceptors (Lipinski definition) is 5. The average Bonchev–Trinajstić information content (AvgIpc) is 2.88. The van der Waals surface area contributed by atoms with Gasteiger partial charge in [-0.05, 0) is 72.0 Å². The third-order valence-electron chi connectivity index (χ3n) is 5.57. The molecule has 4 rings (SSSR count). The minimum absolute atomic E-state index is 0.214. The molecule has 1 atom stereocenters. The van der Waals surface area contributed by atoms with Gasteiger partial charge in [-0.15, -0.1) is 0 Å². The van der Waals surface area contributed by atoms with Crippen molar-refractivity contribution in [3.8, 4) is 16.9 Å². The van der Waals surface area contributed by atoms with E-state index in [4.69, 9.17) is 10.5 Å². The Hall–Kier alpha value is -4.29. The maximum atomic E-state index is 12.9. The molecule has 6 heteroatoms. The summed E-state index contributed by atoms with van der Waals surface area (Å²) in [4.78, 5) is 29.1. The van der Waals surface area contributed by atoms with Crippen LogP contribution in [0.15, 0.2) is 97.3 Å².